The van der Waals surface area contributed by atoms with Crippen molar-refractivity contribution in [2.24, 2.45) is 55.2 Å². The van der Waals surface area contributed by atoms with Gasteiger partial charge < -0.3 is 31.2 Å². The molecule has 0 aromatic heterocycles. The predicted molar refractivity (Wildman–Crippen MR) is 239 cm³/mol. The molecule has 0 saturated heterocycles. The number of fused-ring (bicyclic) bond motifs is 8. The van der Waals surface area contributed by atoms with E-state index in [1.165, 1.54) is 45.0 Å². The first-order valence-electron chi connectivity index (χ1n) is 20.5. The fraction of sp³-hybridized carbons (Fsp3) is 0.434. The van der Waals surface area contributed by atoms with Crippen LogP contribution in [0.25, 0.3) is 0 Å². The van der Waals surface area contributed by atoms with Gasteiger partial charge in [0, 0.05) is 10.8 Å². The smallest absolute Gasteiger partial charge is 1.00 e. The van der Waals surface area contributed by atoms with Gasteiger partial charge in [-0.15, -0.1) is 17.4 Å². The van der Waals surface area contributed by atoms with Crippen LogP contribution in [-0.2, 0) is 24.2 Å². The molecule has 0 N–H and O–H groups in total. The Balaban J connectivity index is 0.000000217. The second kappa shape index (κ2) is 17.2. The third kappa shape index (κ3) is 7.10. The van der Waals surface area contributed by atoms with Gasteiger partial charge in [0.25, 0.3) is 0 Å². The third-order valence-electron chi connectivity index (χ3n) is 16.4. The molecule has 9 atom stereocenters. The maximum Gasteiger partial charge on any atom is -1.00 e. The van der Waals surface area contributed by atoms with Crippen LogP contribution in [0.3, 0.4) is 0 Å². The number of rotatable bonds is 3. The monoisotopic (exact) mass is 928 g/mol. The molecule has 5 heteroatoms. The standard InChI is InChI=1S/C29H37.C13H8Cl2.C11H17.2ClH.Zr/c1-21-14-13-15-22-20-27(6)25(4)18-10-9-16-23(25,2)24(3)17-11-12-19-26(24,5)29(27,8)28(21,22)7;14-12-5-1-3-10(8-12)7-11-4-2-6-13(15)9-11;1-5-9-6-7-10(8-9)11(2,3)4;;;/h9-20,22H,1-8H3;1-6,8-9H;7-9H,5H2,1-4H3;2*1H;/q-1;;-1;;;+2/p-2. The zero-order valence-electron chi connectivity index (χ0n) is 36.6. The molecular formula is C53H62Cl4Zr-2. The van der Waals surface area contributed by atoms with Gasteiger partial charge in [-0.1, -0.05) is 160 Å². The van der Waals surface area contributed by atoms with E-state index in [4.69, 9.17) is 23.2 Å². The van der Waals surface area contributed by atoms with Crippen LogP contribution in [0.1, 0.15) is 101 Å². The zero-order valence-corrected chi connectivity index (χ0v) is 42.1. The van der Waals surface area contributed by atoms with Gasteiger partial charge in [-0.2, -0.15) is 11.6 Å². The molecule has 0 spiro atoms. The Labute approximate surface area is 389 Å². The van der Waals surface area contributed by atoms with E-state index < -0.39 is 0 Å². The molecule has 58 heavy (non-hydrogen) atoms. The summed E-state index contributed by atoms with van der Waals surface area (Å²) in [6, 6.07) is 15.8. The molecule has 2 saturated carbocycles. The second-order valence-electron chi connectivity index (χ2n) is 19.3. The van der Waals surface area contributed by atoms with Gasteiger partial charge in [0.15, 0.2) is 0 Å². The number of hydrogen-bond acceptors (Lipinski definition) is 0. The summed E-state index contributed by atoms with van der Waals surface area (Å²) in [5, 5.41) is 1.53. The van der Waals surface area contributed by atoms with Crippen LogP contribution >= 0.6 is 23.2 Å². The van der Waals surface area contributed by atoms with Crippen molar-refractivity contribution in [2.75, 3.05) is 0 Å². The van der Waals surface area contributed by atoms with E-state index >= 15 is 0 Å². The number of allylic oxidation sites excluding steroid dienone is 16. The molecule has 2 fully saturated rings. The molecular weight excluding hydrogens is 870 g/mol. The molecule has 6 aliphatic rings. The molecule has 8 rings (SSSR count). The average Bonchev–Trinajstić information content (AvgIpc) is 3.73. The number of hydrogen-bond donors (Lipinski definition) is 0. The van der Waals surface area contributed by atoms with Crippen molar-refractivity contribution >= 4 is 26.4 Å². The number of halogens is 4. The fourth-order valence-electron chi connectivity index (χ4n) is 11.9. The minimum Gasteiger partial charge on any atom is -1.00 e. The number of benzene rings is 2. The Kier molecular flexibility index (Phi) is 14.5. The molecule has 9 unspecified atom stereocenters. The van der Waals surface area contributed by atoms with Gasteiger partial charge in [-0.25, -0.2) is 6.08 Å². The summed E-state index contributed by atoms with van der Waals surface area (Å²) in [5.74, 6) is 1.03. The summed E-state index contributed by atoms with van der Waals surface area (Å²) in [6.07, 6.45) is 38.3. The molecule has 2 aromatic carbocycles. The Morgan fingerprint density at radius 3 is 1.67 bits per heavy atom. The summed E-state index contributed by atoms with van der Waals surface area (Å²) in [6.45, 7) is 29.2. The molecule has 0 radical (unpaired) electrons. The van der Waals surface area contributed by atoms with E-state index in [-0.39, 0.29) is 62.7 Å². The van der Waals surface area contributed by atoms with Gasteiger partial charge in [-0.05, 0) is 28.6 Å². The quantitative estimate of drug-likeness (QED) is 0.270. The molecule has 0 nitrogen and oxygen atoms in total. The van der Waals surface area contributed by atoms with E-state index in [0.29, 0.717) is 17.3 Å². The zero-order chi connectivity index (χ0) is 41.2. The van der Waals surface area contributed by atoms with E-state index in [0.717, 1.165) is 21.2 Å². The first kappa shape index (κ1) is 48.9. The SMILES string of the molecule is CC1=CC=CC2[CH-]C3(C)C4(C)C=CC=CC4(C)C4(C)C=CC=CC4(C)C3(C)C12C.CCC1[C-]=CC(C(C)(C)C)=C1.Clc1cccc([C](=[Zr+2])c2cccc(Cl)c2)c1.[Cl-].[Cl-]. The third-order valence-corrected chi connectivity index (χ3v) is 18.3. The van der Waals surface area contributed by atoms with Crippen LogP contribution in [0.2, 0.25) is 10.0 Å². The summed E-state index contributed by atoms with van der Waals surface area (Å²) < 4.78 is 1.26. The van der Waals surface area contributed by atoms with E-state index in [1.807, 2.05) is 36.4 Å². The Hall–Kier alpha value is -1.73. The summed E-state index contributed by atoms with van der Waals surface area (Å²) in [4.78, 5) is 0. The summed E-state index contributed by atoms with van der Waals surface area (Å²) in [5.41, 5.74) is 5.79. The fourth-order valence-corrected chi connectivity index (χ4v) is 13.1. The minimum absolute atomic E-state index is 0. The largest absolute Gasteiger partial charge is 1.00 e. The van der Waals surface area contributed by atoms with Gasteiger partial charge >= 0.3 is 120 Å². The first-order chi connectivity index (χ1) is 26.1. The topological polar surface area (TPSA) is 0 Å². The van der Waals surface area contributed by atoms with Gasteiger partial charge in [-0.3, -0.25) is 6.08 Å². The molecule has 0 bridgehead atoms. The predicted octanol–water partition coefficient (Wildman–Crippen LogP) is 9.12. The minimum atomic E-state index is 0. The molecule has 0 aliphatic heterocycles. The van der Waals surface area contributed by atoms with Crippen molar-refractivity contribution in [3.8, 4) is 0 Å². The van der Waals surface area contributed by atoms with Crippen molar-refractivity contribution < 1.29 is 49.0 Å². The van der Waals surface area contributed by atoms with Crippen molar-refractivity contribution in [3.63, 3.8) is 0 Å². The molecule has 2 aromatic rings. The van der Waals surface area contributed by atoms with Crippen LogP contribution in [0.15, 0.2) is 139 Å². The van der Waals surface area contributed by atoms with E-state index in [9.17, 15) is 0 Å². The van der Waals surface area contributed by atoms with Gasteiger partial charge in [0.1, 0.15) is 0 Å². The molecule has 6 aliphatic carbocycles. The van der Waals surface area contributed by atoms with Crippen LogP contribution in [0.4, 0.5) is 0 Å². The van der Waals surface area contributed by atoms with Crippen molar-refractivity contribution in [2.45, 2.75) is 89.5 Å². The molecule has 308 valence electrons. The Bertz CT molecular complexity index is 2090. The second-order valence-corrected chi connectivity index (χ2v) is 21.4. The van der Waals surface area contributed by atoms with Crippen molar-refractivity contribution in [1.29, 1.82) is 0 Å². The summed E-state index contributed by atoms with van der Waals surface area (Å²) >= 11 is 13.3. The average molecular weight is 932 g/mol. The van der Waals surface area contributed by atoms with Gasteiger partial charge in [0.05, 0.1) is 0 Å². The van der Waals surface area contributed by atoms with E-state index in [2.05, 4.69) is 187 Å². The van der Waals surface area contributed by atoms with E-state index in [1.54, 1.807) is 0 Å². The van der Waals surface area contributed by atoms with Crippen molar-refractivity contribution in [3.05, 3.63) is 172 Å². The maximum absolute atomic E-state index is 5.98. The molecule has 0 amide bonds. The van der Waals surface area contributed by atoms with Crippen LogP contribution in [-0.4, -0.2) is 3.21 Å². The van der Waals surface area contributed by atoms with Crippen LogP contribution in [0.5, 0.6) is 0 Å². The first-order valence-corrected chi connectivity index (χ1v) is 22.5. The Morgan fingerprint density at radius 1 is 0.741 bits per heavy atom. The van der Waals surface area contributed by atoms with Crippen LogP contribution < -0.4 is 24.8 Å². The normalized spacial score (nSPS) is 36.9. The van der Waals surface area contributed by atoms with Crippen LogP contribution in [0, 0.1) is 67.7 Å². The Morgan fingerprint density at radius 2 is 1.22 bits per heavy atom. The summed E-state index contributed by atoms with van der Waals surface area (Å²) in [7, 11) is 0. The van der Waals surface area contributed by atoms with Gasteiger partial charge in [0.2, 0.25) is 0 Å². The maximum atomic E-state index is 5.98. The molecule has 0 heterocycles. The van der Waals surface area contributed by atoms with Crippen molar-refractivity contribution in [1.82, 2.24) is 0 Å².